The van der Waals surface area contributed by atoms with E-state index < -0.39 is 0 Å². The molecule has 0 fully saturated rings. The molecule has 0 N–H and O–H groups in total. The molecule has 12 heteroatoms. The van der Waals surface area contributed by atoms with Gasteiger partial charge in [-0.1, -0.05) is 15.9 Å². The first-order valence-electron chi connectivity index (χ1n) is 11.8. The second kappa shape index (κ2) is 33.4. The first kappa shape index (κ1) is 34.4. The van der Waals surface area contributed by atoms with E-state index >= 15 is 0 Å². The minimum atomic E-state index is 0.502. The maximum atomic E-state index is 5.50. The summed E-state index contributed by atoms with van der Waals surface area (Å²) >= 11 is 8.79. The fraction of sp³-hybridized carbons (Fsp3) is 1.00. The molecule has 0 atom stereocenters. The molecule has 0 aliphatic heterocycles. The third-order valence-corrected chi connectivity index (χ3v) is 4.27. The molecule has 0 aliphatic rings. The topological polar surface area (TPSA) is 92.3 Å². The van der Waals surface area contributed by atoms with Crippen molar-refractivity contribution < 1.29 is 47.4 Å². The molecule has 0 bridgehead atoms. The summed E-state index contributed by atoms with van der Waals surface area (Å²) in [5, 5.41) is 0.841. The molecular formula is C22H44BrClO10. The molecule has 206 valence electrons. The maximum Gasteiger partial charge on any atom is 0.0701 e. The Balaban J connectivity index is 2.99. The molecule has 0 rings (SSSR count). The van der Waals surface area contributed by atoms with Crippen molar-refractivity contribution >= 4 is 27.5 Å². The van der Waals surface area contributed by atoms with Crippen molar-refractivity contribution in [1.29, 1.82) is 0 Å². The lowest BCUT2D eigenvalue weighted by molar-refractivity contribution is -0.0260. The smallest absolute Gasteiger partial charge is 0.0701 e. The van der Waals surface area contributed by atoms with Crippen LogP contribution in [0.2, 0.25) is 0 Å². The monoisotopic (exact) mass is 582 g/mol. The molecular weight excluding hydrogens is 540 g/mol. The van der Waals surface area contributed by atoms with Gasteiger partial charge in [0.15, 0.2) is 0 Å². The number of ether oxygens (including phenoxy) is 10. The first-order chi connectivity index (χ1) is 16.9. The van der Waals surface area contributed by atoms with Crippen LogP contribution < -0.4 is 0 Å². The third-order valence-electron chi connectivity index (χ3n) is 3.79. The van der Waals surface area contributed by atoms with Gasteiger partial charge in [0.25, 0.3) is 0 Å². The highest BCUT2D eigenvalue weighted by atomic mass is 79.9. The largest absolute Gasteiger partial charge is 0.378 e. The summed E-state index contributed by atoms with van der Waals surface area (Å²) in [4.78, 5) is 0. The summed E-state index contributed by atoms with van der Waals surface area (Å²) in [6.45, 7) is 11.0. The molecule has 0 aliphatic carbocycles. The van der Waals surface area contributed by atoms with Gasteiger partial charge in [-0.05, 0) is 0 Å². The molecule has 10 nitrogen and oxygen atoms in total. The van der Waals surface area contributed by atoms with Crippen molar-refractivity contribution in [3.05, 3.63) is 0 Å². The van der Waals surface area contributed by atoms with Gasteiger partial charge < -0.3 is 47.4 Å². The second-order valence-corrected chi connectivity index (χ2v) is 7.67. The Morgan fingerprint density at radius 1 is 0.294 bits per heavy atom. The van der Waals surface area contributed by atoms with Gasteiger partial charge in [-0.3, -0.25) is 0 Å². The Bertz CT molecular complexity index is 330. The Morgan fingerprint density at radius 3 is 0.647 bits per heavy atom. The number of rotatable bonds is 31. The fourth-order valence-corrected chi connectivity index (χ4v) is 2.53. The molecule has 0 radical (unpaired) electrons. The molecule has 0 aromatic carbocycles. The van der Waals surface area contributed by atoms with Crippen LogP contribution in [0.15, 0.2) is 0 Å². The van der Waals surface area contributed by atoms with E-state index in [-0.39, 0.29) is 0 Å². The number of halogens is 2. The number of hydrogen-bond acceptors (Lipinski definition) is 10. The molecule has 0 aromatic rings. The third kappa shape index (κ3) is 32.4. The summed E-state index contributed by atoms with van der Waals surface area (Å²) in [6.07, 6.45) is 0. The molecule has 0 heterocycles. The van der Waals surface area contributed by atoms with Crippen molar-refractivity contribution in [2.75, 3.05) is 143 Å². The van der Waals surface area contributed by atoms with Gasteiger partial charge in [-0.25, -0.2) is 0 Å². The molecule has 34 heavy (non-hydrogen) atoms. The van der Waals surface area contributed by atoms with E-state index in [9.17, 15) is 0 Å². The van der Waals surface area contributed by atoms with E-state index in [1.54, 1.807) is 0 Å². The Morgan fingerprint density at radius 2 is 0.471 bits per heavy atom. The molecule has 0 spiro atoms. The van der Waals surface area contributed by atoms with Crippen LogP contribution in [0, 0.1) is 0 Å². The normalized spacial score (nSPS) is 11.5. The van der Waals surface area contributed by atoms with Gasteiger partial charge in [0.05, 0.1) is 132 Å². The SMILES string of the molecule is ClCCOCCOCCOCCOCCOCCOCCOCCOCCOCCOCCBr. The second-order valence-electron chi connectivity index (χ2n) is 6.50. The average molecular weight is 584 g/mol. The van der Waals surface area contributed by atoms with E-state index in [1.807, 2.05) is 0 Å². The lowest BCUT2D eigenvalue weighted by Crippen LogP contribution is -2.15. The molecule has 0 unspecified atom stereocenters. The zero-order chi connectivity index (χ0) is 24.6. The summed E-state index contributed by atoms with van der Waals surface area (Å²) in [5.41, 5.74) is 0. The van der Waals surface area contributed by atoms with Gasteiger partial charge in [-0.15, -0.1) is 11.6 Å². The number of hydrogen-bond donors (Lipinski definition) is 0. The lowest BCUT2D eigenvalue weighted by atomic mass is 10.6. The Kier molecular flexibility index (Phi) is 33.7. The van der Waals surface area contributed by atoms with Crippen molar-refractivity contribution in [3.8, 4) is 0 Å². The zero-order valence-corrected chi connectivity index (χ0v) is 22.7. The minimum absolute atomic E-state index is 0.502. The fourth-order valence-electron chi connectivity index (χ4n) is 2.19. The molecule has 0 amide bonds. The van der Waals surface area contributed by atoms with E-state index in [2.05, 4.69) is 15.9 Å². The lowest BCUT2D eigenvalue weighted by Gasteiger charge is -2.09. The maximum absolute atomic E-state index is 5.50. The molecule has 0 saturated carbocycles. The van der Waals surface area contributed by atoms with Gasteiger partial charge in [0.1, 0.15) is 0 Å². The Labute approximate surface area is 218 Å². The van der Waals surface area contributed by atoms with Crippen molar-refractivity contribution in [2.24, 2.45) is 0 Å². The summed E-state index contributed by atoms with van der Waals surface area (Å²) in [6, 6.07) is 0. The summed E-state index contributed by atoms with van der Waals surface area (Å²) in [7, 11) is 0. The molecule has 0 saturated heterocycles. The van der Waals surface area contributed by atoms with E-state index in [0.717, 1.165) is 5.33 Å². The van der Waals surface area contributed by atoms with Gasteiger partial charge in [-0.2, -0.15) is 0 Å². The van der Waals surface area contributed by atoms with Crippen molar-refractivity contribution in [3.63, 3.8) is 0 Å². The van der Waals surface area contributed by atoms with Gasteiger partial charge in [0, 0.05) is 11.2 Å². The van der Waals surface area contributed by atoms with Crippen LogP contribution in [-0.4, -0.2) is 143 Å². The number of alkyl halides is 2. The summed E-state index contributed by atoms with van der Waals surface area (Å²) in [5.74, 6) is 0.502. The standard InChI is InChI=1S/C22H44BrClO10/c23-1-3-25-5-7-27-9-11-29-13-15-31-17-19-33-21-22-34-20-18-32-16-14-30-12-10-28-8-6-26-4-2-24/h1-22H2. The Hall–Kier alpha value is 0.370. The predicted molar refractivity (Wildman–Crippen MR) is 133 cm³/mol. The van der Waals surface area contributed by atoms with Crippen LogP contribution in [-0.2, 0) is 47.4 Å². The highest BCUT2D eigenvalue weighted by molar-refractivity contribution is 9.09. The van der Waals surface area contributed by atoms with Crippen LogP contribution in [0.3, 0.4) is 0 Å². The van der Waals surface area contributed by atoms with Crippen LogP contribution in [0.1, 0.15) is 0 Å². The van der Waals surface area contributed by atoms with Gasteiger partial charge >= 0.3 is 0 Å². The van der Waals surface area contributed by atoms with Crippen LogP contribution in [0.25, 0.3) is 0 Å². The van der Waals surface area contributed by atoms with E-state index in [1.165, 1.54) is 0 Å². The molecule has 0 aromatic heterocycles. The minimum Gasteiger partial charge on any atom is -0.378 e. The van der Waals surface area contributed by atoms with Crippen LogP contribution in [0.5, 0.6) is 0 Å². The summed E-state index contributed by atoms with van der Waals surface area (Å²) < 4.78 is 53.7. The van der Waals surface area contributed by atoms with E-state index in [4.69, 9.17) is 59.0 Å². The first-order valence-corrected chi connectivity index (χ1v) is 13.5. The quantitative estimate of drug-likeness (QED) is 0.0888. The zero-order valence-electron chi connectivity index (χ0n) is 20.4. The van der Waals surface area contributed by atoms with Crippen molar-refractivity contribution in [1.82, 2.24) is 0 Å². The average Bonchev–Trinajstić information content (AvgIpc) is 2.85. The highest BCUT2D eigenvalue weighted by Crippen LogP contribution is 1.87. The van der Waals surface area contributed by atoms with Crippen molar-refractivity contribution in [2.45, 2.75) is 0 Å². The predicted octanol–water partition coefficient (Wildman–Crippen LogP) is 1.79. The van der Waals surface area contributed by atoms with Crippen LogP contribution in [0.4, 0.5) is 0 Å². The van der Waals surface area contributed by atoms with Crippen LogP contribution >= 0.6 is 27.5 Å². The van der Waals surface area contributed by atoms with E-state index in [0.29, 0.717) is 138 Å². The van der Waals surface area contributed by atoms with Gasteiger partial charge in [0.2, 0.25) is 0 Å². The highest BCUT2D eigenvalue weighted by Gasteiger charge is 1.95.